The standard InChI is InChI=1S/C9H8N2O4/c12-11-9-2-1-6(3-8(9)10-15-11)13-4-7-5-14-7/h1-3,7H,4-5H2. The average molecular weight is 208 g/mol. The van der Waals surface area contributed by atoms with E-state index >= 15 is 0 Å². The zero-order valence-corrected chi connectivity index (χ0v) is 7.75. The smallest absolute Gasteiger partial charge is 0.252 e. The van der Waals surface area contributed by atoms with E-state index in [1.54, 1.807) is 18.2 Å². The Morgan fingerprint density at radius 3 is 3.27 bits per heavy atom. The van der Waals surface area contributed by atoms with E-state index in [1.165, 1.54) is 0 Å². The highest BCUT2D eigenvalue weighted by Gasteiger charge is 2.23. The summed E-state index contributed by atoms with van der Waals surface area (Å²) in [6.45, 7) is 1.29. The third kappa shape index (κ3) is 1.59. The van der Waals surface area contributed by atoms with Gasteiger partial charge in [-0.3, -0.25) is 4.63 Å². The Kier molecular flexibility index (Phi) is 1.75. The molecule has 2 heterocycles. The van der Waals surface area contributed by atoms with E-state index in [4.69, 9.17) is 9.47 Å². The first-order chi connectivity index (χ1) is 7.33. The highest BCUT2D eigenvalue weighted by atomic mass is 16.8. The minimum atomic E-state index is 0.211. The number of benzene rings is 1. The van der Waals surface area contributed by atoms with Gasteiger partial charge in [-0.25, -0.2) is 0 Å². The van der Waals surface area contributed by atoms with Crippen LogP contribution in [0.2, 0.25) is 0 Å². The molecule has 6 nitrogen and oxygen atoms in total. The van der Waals surface area contributed by atoms with Gasteiger partial charge in [0.05, 0.1) is 6.61 Å². The normalized spacial score (nSPS) is 19.3. The highest BCUT2D eigenvalue weighted by Crippen LogP contribution is 2.18. The zero-order chi connectivity index (χ0) is 10.3. The van der Waals surface area contributed by atoms with Crippen molar-refractivity contribution in [3.8, 4) is 5.75 Å². The number of aromatic nitrogens is 2. The van der Waals surface area contributed by atoms with E-state index in [0.29, 0.717) is 28.3 Å². The van der Waals surface area contributed by atoms with E-state index in [1.807, 2.05) is 0 Å². The number of ether oxygens (including phenoxy) is 2. The zero-order valence-electron chi connectivity index (χ0n) is 7.75. The summed E-state index contributed by atoms with van der Waals surface area (Å²) in [7, 11) is 0. The predicted octanol–water partition coefficient (Wildman–Crippen LogP) is 0.239. The van der Waals surface area contributed by atoms with Gasteiger partial charge in [-0.15, -0.1) is 0 Å². The molecule has 0 saturated carbocycles. The van der Waals surface area contributed by atoms with Crippen molar-refractivity contribution in [2.75, 3.05) is 13.2 Å². The van der Waals surface area contributed by atoms with Gasteiger partial charge >= 0.3 is 0 Å². The molecular weight excluding hydrogens is 200 g/mol. The van der Waals surface area contributed by atoms with Crippen molar-refractivity contribution in [2.45, 2.75) is 6.10 Å². The summed E-state index contributed by atoms with van der Waals surface area (Å²) < 4.78 is 14.9. The van der Waals surface area contributed by atoms with Crippen LogP contribution in [0.25, 0.3) is 11.0 Å². The monoisotopic (exact) mass is 208 g/mol. The number of hydrogen-bond acceptors (Lipinski definition) is 5. The molecule has 1 aliphatic heterocycles. The highest BCUT2D eigenvalue weighted by molar-refractivity contribution is 5.72. The lowest BCUT2D eigenvalue weighted by atomic mass is 10.3. The van der Waals surface area contributed by atoms with Gasteiger partial charge < -0.3 is 14.7 Å². The van der Waals surface area contributed by atoms with E-state index < -0.39 is 0 Å². The molecule has 1 aromatic heterocycles. The summed E-state index contributed by atoms with van der Waals surface area (Å²) >= 11 is 0. The fourth-order valence-electron chi connectivity index (χ4n) is 1.30. The van der Waals surface area contributed by atoms with Crippen LogP contribution in [0.15, 0.2) is 22.8 Å². The van der Waals surface area contributed by atoms with Crippen LogP contribution < -0.4 is 9.64 Å². The molecule has 6 heteroatoms. The molecule has 0 radical (unpaired) electrons. The van der Waals surface area contributed by atoms with Crippen LogP contribution in [0.3, 0.4) is 0 Å². The van der Waals surface area contributed by atoms with Crippen LogP contribution in [-0.4, -0.2) is 24.5 Å². The lowest BCUT2D eigenvalue weighted by Crippen LogP contribution is -2.22. The molecule has 0 spiro atoms. The largest absolute Gasteiger partial charge is 0.491 e. The second kappa shape index (κ2) is 3.09. The Bertz CT molecular complexity index is 492. The van der Waals surface area contributed by atoms with E-state index in [0.717, 1.165) is 6.61 Å². The summed E-state index contributed by atoms with van der Waals surface area (Å²) in [5, 5.41) is 14.6. The molecule has 1 aliphatic rings. The molecule has 1 unspecified atom stereocenters. The lowest BCUT2D eigenvalue weighted by molar-refractivity contribution is -0.782. The molecule has 1 atom stereocenters. The summed E-state index contributed by atoms with van der Waals surface area (Å²) in [6, 6.07) is 4.98. The Morgan fingerprint density at radius 2 is 2.47 bits per heavy atom. The summed E-state index contributed by atoms with van der Waals surface area (Å²) in [4.78, 5) is 0.364. The van der Waals surface area contributed by atoms with E-state index in [9.17, 15) is 5.21 Å². The molecule has 2 aromatic rings. The van der Waals surface area contributed by atoms with Crippen LogP contribution >= 0.6 is 0 Å². The molecular formula is C9H8N2O4. The second-order valence-corrected chi connectivity index (χ2v) is 3.35. The van der Waals surface area contributed by atoms with Crippen LogP contribution in [-0.2, 0) is 4.74 Å². The van der Waals surface area contributed by atoms with Crippen LogP contribution in [0.4, 0.5) is 0 Å². The first-order valence-electron chi connectivity index (χ1n) is 4.57. The van der Waals surface area contributed by atoms with Crippen molar-refractivity contribution in [2.24, 2.45) is 0 Å². The molecule has 0 N–H and O–H groups in total. The van der Waals surface area contributed by atoms with Crippen LogP contribution in [0, 0.1) is 5.21 Å². The maximum Gasteiger partial charge on any atom is 0.252 e. The molecule has 0 aliphatic carbocycles. The van der Waals surface area contributed by atoms with Gasteiger partial charge in [-0.05, 0) is 17.0 Å². The molecule has 78 valence electrons. The Labute approximate surface area is 84.5 Å². The third-order valence-electron chi connectivity index (χ3n) is 2.20. The molecule has 0 amide bonds. The molecule has 3 rings (SSSR count). The molecule has 0 bridgehead atoms. The van der Waals surface area contributed by atoms with E-state index in [-0.39, 0.29) is 6.10 Å². The third-order valence-corrected chi connectivity index (χ3v) is 2.20. The summed E-state index contributed by atoms with van der Waals surface area (Å²) in [6.07, 6.45) is 0.211. The van der Waals surface area contributed by atoms with Crippen LogP contribution in [0.1, 0.15) is 0 Å². The number of epoxide rings is 1. The van der Waals surface area contributed by atoms with Gasteiger partial charge in [-0.2, -0.15) is 0 Å². The van der Waals surface area contributed by atoms with Gasteiger partial charge in [0.25, 0.3) is 5.52 Å². The van der Waals surface area contributed by atoms with Crippen molar-refractivity contribution in [1.29, 1.82) is 0 Å². The van der Waals surface area contributed by atoms with Crippen molar-refractivity contribution in [1.82, 2.24) is 5.16 Å². The van der Waals surface area contributed by atoms with Gasteiger partial charge in [0.15, 0.2) is 0 Å². The van der Waals surface area contributed by atoms with Crippen molar-refractivity contribution in [3.05, 3.63) is 23.4 Å². The first kappa shape index (κ1) is 8.49. The summed E-state index contributed by atoms with van der Waals surface area (Å²) in [5.74, 6) is 0.659. The second-order valence-electron chi connectivity index (χ2n) is 3.35. The number of fused-ring (bicyclic) bond motifs is 1. The minimum absolute atomic E-state index is 0.211. The quantitative estimate of drug-likeness (QED) is 0.533. The number of nitrogens with zero attached hydrogens (tertiary/aromatic N) is 2. The fourth-order valence-corrected chi connectivity index (χ4v) is 1.30. The number of rotatable bonds is 3. The van der Waals surface area contributed by atoms with Gasteiger partial charge in [-0.1, -0.05) is 0 Å². The Balaban J connectivity index is 1.85. The van der Waals surface area contributed by atoms with Gasteiger partial charge in [0, 0.05) is 11.2 Å². The lowest BCUT2D eigenvalue weighted by Gasteiger charge is -2.01. The first-order valence-corrected chi connectivity index (χ1v) is 4.57. The minimum Gasteiger partial charge on any atom is -0.491 e. The SMILES string of the molecule is [O-][n+]1onc2cc(OCC3CO3)ccc21. The van der Waals surface area contributed by atoms with Gasteiger partial charge in [0.2, 0.25) is 5.52 Å². The van der Waals surface area contributed by atoms with E-state index in [2.05, 4.69) is 9.79 Å². The Morgan fingerprint density at radius 1 is 1.60 bits per heavy atom. The fraction of sp³-hybridized carbons (Fsp3) is 0.333. The number of hydrogen-bond donors (Lipinski definition) is 0. The molecule has 1 fully saturated rings. The molecule has 15 heavy (non-hydrogen) atoms. The van der Waals surface area contributed by atoms with Crippen molar-refractivity contribution in [3.63, 3.8) is 0 Å². The molecule has 1 saturated heterocycles. The maximum atomic E-state index is 11.0. The predicted molar refractivity (Wildman–Crippen MR) is 48.2 cm³/mol. The van der Waals surface area contributed by atoms with Crippen LogP contribution in [0.5, 0.6) is 5.75 Å². The Hall–Kier alpha value is -1.82. The summed E-state index contributed by atoms with van der Waals surface area (Å²) in [5.41, 5.74) is 0.879. The maximum absolute atomic E-state index is 11.0. The van der Waals surface area contributed by atoms with Crippen molar-refractivity contribution >= 4 is 11.0 Å². The molecule has 1 aromatic carbocycles. The van der Waals surface area contributed by atoms with Gasteiger partial charge in [0.1, 0.15) is 18.5 Å². The average Bonchev–Trinajstić information content (AvgIpc) is 3.01. The van der Waals surface area contributed by atoms with Crippen molar-refractivity contribution < 1.29 is 19.0 Å². The topological polar surface area (TPSA) is 74.7 Å².